The molecule has 0 fully saturated rings. The van der Waals surface area contributed by atoms with Crippen LogP contribution in [0.1, 0.15) is 25.8 Å². The molecule has 0 aliphatic rings. The minimum atomic E-state index is -4.83. The maximum atomic E-state index is 11.3. The van der Waals surface area contributed by atoms with Gasteiger partial charge in [0.2, 0.25) is 0 Å². The summed E-state index contributed by atoms with van der Waals surface area (Å²) in [6.45, 7) is 3.82. The molecule has 8 nitrogen and oxygen atoms in total. The number of ether oxygens (including phenoxy) is 1. The lowest BCUT2D eigenvalue weighted by Gasteiger charge is -2.31. The number of benzene rings is 1. The van der Waals surface area contributed by atoms with Crippen LogP contribution in [-0.4, -0.2) is 34.1 Å². The van der Waals surface area contributed by atoms with E-state index in [0.29, 0.717) is 6.42 Å². The third kappa shape index (κ3) is 7.90. The van der Waals surface area contributed by atoms with E-state index in [-0.39, 0.29) is 12.3 Å². The number of primary amides is 1. The van der Waals surface area contributed by atoms with E-state index < -0.39 is 32.2 Å². The van der Waals surface area contributed by atoms with Gasteiger partial charge in [0.15, 0.2) is 0 Å². The molecule has 0 aliphatic carbocycles. The monoisotopic (exact) mass is 360 g/mol. The maximum absolute atomic E-state index is 11.3. The fraction of sp³-hybridized carbons (Fsp3) is 0.533. The number of phosphoric acid groups is 1. The van der Waals surface area contributed by atoms with Gasteiger partial charge < -0.3 is 26.0 Å². The number of hydrogen-bond donors (Lipinski definition) is 4. The van der Waals surface area contributed by atoms with E-state index >= 15 is 0 Å². The van der Waals surface area contributed by atoms with Crippen LogP contribution in [0.4, 0.5) is 4.79 Å². The first kappa shape index (κ1) is 20.6. The topological polar surface area (TPSA) is 145 Å². The van der Waals surface area contributed by atoms with Crippen LogP contribution in [0.25, 0.3) is 0 Å². The second-order valence-electron chi connectivity index (χ2n) is 6.02. The summed E-state index contributed by atoms with van der Waals surface area (Å²) in [5, 5.41) is 0. The molecular formula is C15H25N2O6P. The molecule has 136 valence electrons. The van der Waals surface area contributed by atoms with Gasteiger partial charge in [0, 0.05) is 12.5 Å². The van der Waals surface area contributed by atoms with Crippen molar-refractivity contribution in [3.8, 4) is 0 Å². The second-order valence-corrected chi connectivity index (χ2v) is 7.21. The molecule has 0 radical (unpaired) electrons. The van der Waals surface area contributed by atoms with E-state index in [2.05, 4.69) is 0 Å². The Morgan fingerprint density at radius 3 is 2.29 bits per heavy atom. The Labute approximate surface area is 141 Å². The highest BCUT2D eigenvalue weighted by molar-refractivity contribution is 7.46. The largest absolute Gasteiger partial charge is 0.470 e. The summed E-state index contributed by atoms with van der Waals surface area (Å²) in [7, 11) is -4.83. The number of nitrogens with two attached hydrogens (primary N) is 2. The normalized spacial score (nSPS) is 15.8. The van der Waals surface area contributed by atoms with Gasteiger partial charge in [-0.1, -0.05) is 44.2 Å². The lowest BCUT2D eigenvalue weighted by molar-refractivity contribution is -0.00932. The molecule has 3 unspecified atom stereocenters. The van der Waals surface area contributed by atoms with Crippen molar-refractivity contribution >= 4 is 13.9 Å². The van der Waals surface area contributed by atoms with E-state index in [1.165, 1.54) is 0 Å². The maximum Gasteiger partial charge on any atom is 0.470 e. The molecule has 0 saturated heterocycles. The first-order valence-corrected chi connectivity index (χ1v) is 9.11. The summed E-state index contributed by atoms with van der Waals surface area (Å²) in [5.74, 6) is 0.161. The van der Waals surface area contributed by atoms with E-state index in [1.807, 2.05) is 19.9 Å². The average molecular weight is 360 g/mol. The minimum absolute atomic E-state index is 0.161. The van der Waals surface area contributed by atoms with E-state index in [4.69, 9.17) is 20.7 Å². The Kier molecular flexibility index (Phi) is 7.86. The van der Waals surface area contributed by atoms with Crippen molar-refractivity contribution in [3.63, 3.8) is 0 Å². The molecule has 0 saturated carbocycles. The predicted octanol–water partition coefficient (Wildman–Crippen LogP) is 1.54. The van der Waals surface area contributed by atoms with Gasteiger partial charge in [-0.2, -0.15) is 0 Å². The predicted molar refractivity (Wildman–Crippen MR) is 88.9 cm³/mol. The fourth-order valence-electron chi connectivity index (χ4n) is 2.48. The molecule has 1 aromatic rings. The summed E-state index contributed by atoms with van der Waals surface area (Å²) in [6.07, 6.45) is -2.68. The summed E-state index contributed by atoms with van der Waals surface area (Å²) >= 11 is 0. The number of carbonyl (C=O) groups is 1. The minimum Gasteiger partial charge on any atom is -0.443 e. The van der Waals surface area contributed by atoms with Gasteiger partial charge in [-0.05, 0) is 17.9 Å². The molecule has 1 rings (SSSR count). The molecule has 0 spiro atoms. The van der Waals surface area contributed by atoms with E-state index in [0.717, 1.165) is 5.56 Å². The molecule has 9 heteroatoms. The van der Waals surface area contributed by atoms with Gasteiger partial charge in [0.25, 0.3) is 0 Å². The molecule has 0 aliphatic heterocycles. The first-order chi connectivity index (χ1) is 11.1. The molecule has 24 heavy (non-hydrogen) atoms. The van der Waals surface area contributed by atoms with Crippen LogP contribution in [0, 0.1) is 5.92 Å². The molecule has 6 N–H and O–H groups in total. The van der Waals surface area contributed by atoms with Crippen LogP contribution in [0.2, 0.25) is 0 Å². The van der Waals surface area contributed by atoms with Crippen molar-refractivity contribution in [2.75, 3.05) is 0 Å². The smallest absolute Gasteiger partial charge is 0.443 e. The highest BCUT2D eigenvalue weighted by atomic mass is 31.2. The summed E-state index contributed by atoms with van der Waals surface area (Å²) in [5.41, 5.74) is 11.9. The Hall–Kier alpha value is -1.44. The summed E-state index contributed by atoms with van der Waals surface area (Å²) in [4.78, 5) is 29.6. The van der Waals surface area contributed by atoms with Crippen LogP contribution in [0.3, 0.4) is 0 Å². The van der Waals surface area contributed by atoms with Crippen molar-refractivity contribution in [1.82, 2.24) is 0 Å². The second kappa shape index (κ2) is 9.15. The number of hydrogen-bond acceptors (Lipinski definition) is 5. The molecule has 0 heterocycles. The van der Waals surface area contributed by atoms with Gasteiger partial charge in [0.05, 0.1) is 0 Å². The molecule has 0 bridgehead atoms. The third-order valence-corrected chi connectivity index (χ3v) is 3.86. The molecule has 1 aromatic carbocycles. The molecule has 0 aromatic heterocycles. The number of phosphoric ester groups is 1. The lowest BCUT2D eigenvalue weighted by Crippen LogP contribution is -2.48. The molecular weight excluding hydrogens is 335 g/mol. The van der Waals surface area contributed by atoms with Crippen LogP contribution in [0.15, 0.2) is 30.3 Å². The van der Waals surface area contributed by atoms with E-state index in [1.54, 1.807) is 24.3 Å². The van der Waals surface area contributed by atoms with Crippen LogP contribution in [-0.2, 0) is 20.2 Å². The highest BCUT2D eigenvalue weighted by Crippen LogP contribution is 2.40. The Balaban J connectivity index is 3.07. The SMILES string of the molecule is CC(C)CC(N)C(OP(=O)(O)O)C(Cc1ccccc1)OC(N)=O. The third-order valence-electron chi connectivity index (χ3n) is 3.34. The van der Waals surface area contributed by atoms with Gasteiger partial charge in [-0.25, -0.2) is 9.36 Å². The highest BCUT2D eigenvalue weighted by Gasteiger charge is 2.36. The average Bonchev–Trinajstić information content (AvgIpc) is 2.43. The van der Waals surface area contributed by atoms with Crippen LogP contribution in [0.5, 0.6) is 0 Å². The molecule has 1 amide bonds. The van der Waals surface area contributed by atoms with Crippen molar-refractivity contribution in [2.24, 2.45) is 17.4 Å². The quantitative estimate of drug-likeness (QED) is 0.489. The Morgan fingerprint density at radius 2 is 1.83 bits per heavy atom. The van der Waals surface area contributed by atoms with Crippen LogP contribution < -0.4 is 11.5 Å². The number of amides is 1. The zero-order valence-corrected chi connectivity index (χ0v) is 14.6. The Bertz CT molecular complexity index is 562. The zero-order chi connectivity index (χ0) is 18.3. The van der Waals surface area contributed by atoms with Crippen molar-refractivity contribution in [3.05, 3.63) is 35.9 Å². The standard InChI is InChI=1S/C15H25N2O6P/c1-10(2)8-12(16)14(23-24(19,20)21)13(22-15(17)18)9-11-6-4-3-5-7-11/h3-7,10,12-14H,8-9,16H2,1-2H3,(H2,17,18)(H2,19,20,21). The summed E-state index contributed by atoms with van der Waals surface area (Å²) in [6, 6.07) is 8.25. The van der Waals surface area contributed by atoms with Gasteiger partial charge in [0.1, 0.15) is 12.2 Å². The van der Waals surface area contributed by atoms with Gasteiger partial charge >= 0.3 is 13.9 Å². The van der Waals surface area contributed by atoms with E-state index in [9.17, 15) is 19.1 Å². The van der Waals surface area contributed by atoms with Crippen LogP contribution >= 0.6 is 7.82 Å². The number of rotatable bonds is 9. The van der Waals surface area contributed by atoms with Gasteiger partial charge in [-0.3, -0.25) is 4.52 Å². The van der Waals surface area contributed by atoms with Crippen molar-refractivity contribution < 1.29 is 28.4 Å². The lowest BCUT2D eigenvalue weighted by atomic mass is 9.93. The summed E-state index contributed by atoms with van der Waals surface area (Å²) < 4.78 is 21.2. The zero-order valence-electron chi connectivity index (χ0n) is 13.7. The van der Waals surface area contributed by atoms with Gasteiger partial charge in [-0.15, -0.1) is 0 Å². The number of carbonyl (C=O) groups excluding carboxylic acids is 1. The van der Waals surface area contributed by atoms with Crippen molar-refractivity contribution in [2.45, 2.75) is 44.9 Å². The Morgan fingerprint density at radius 1 is 1.25 bits per heavy atom. The molecule has 3 atom stereocenters. The first-order valence-electron chi connectivity index (χ1n) is 7.58. The fourth-order valence-corrected chi connectivity index (χ4v) is 3.09. The van der Waals surface area contributed by atoms with Crippen molar-refractivity contribution in [1.29, 1.82) is 0 Å².